The first-order valence-electron chi connectivity index (χ1n) is 7.74. The number of piperidine rings is 1. The normalized spacial score (nSPS) is 26.4. The number of benzene rings is 1. The van der Waals surface area contributed by atoms with Crippen LogP contribution in [0, 0.1) is 5.92 Å². The lowest BCUT2D eigenvalue weighted by molar-refractivity contribution is -0.122. The molecule has 1 aliphatic carbocycles. The van der Waals surface area contributed by atoms with Crippen LogP contribution >= 0.6 is 0 Å². The summed E-state index contributed by atoms with van der Waals surface area (Å²) in [4.78, 5) is 12.1. The molecular weight excluding hydrogens is 250 g/mol. The van der Waals surface area contributed by atoms with Crippen LogP contribution in [0.5, 0.6) is 0 Å². The minimum Gasteiger partial charge on any atom is -0.378 e. The number of carbonyl (C=O) groups is 1. The molecule has 3 rings (SSSR count). The number of hydrogen-bond donors (Lipinski definition) is 1. The van der Waals surface area contributed by atoms with Crippen LogP contribution in [0.2, 0.25) is 0 Å². The zero-order valence-corrected chi connectivity index (χ0v) is 11.9. The van der Waals surface area contributed by atoms with E-state index in [-0.39, 0.29) is 5.92 Å². The van der Waals surface area contributed by atoms with Gasteiger partial charge in [-0.1, -0.05) is 30.3 Å². The highest BCUT2D eigenvalue weighted by Crippen LogP contribution is 2.48. The number of rotatable bonds is 6. The van der Waals surface area contributed by atoms with Gasteiger partial charge in [-0.2, -0.15) is 0 Å². The Morgan fingerprint density at radius 1 is 1.20 bits per heavy atom. The largest absolute Gasteiger partial charge is 0.378 e. The number of ether oxygens (including phenoxy) is 1. The molecule has 2 atom stereocenters. The van der Waals surface area contributed by atoms with E-state index in [0.717, 1.165) is 32.4 Å². The maximum Gasteiger partial charge on any atom is 0.138 e. The Morgan fingerprint density at radius 2 is 1.95 bits per heavy atom. The van der Waals surface area contributed by atoms with Crippen LogP contribution in [0.1, 0.15) is 37.2 Å². The van der Waals surface area contributed by atoms with Crippen molar-refractivity contribution in [2.24, 2.45) is 5.92 Å². The molecule has 0 aromatic heterocycles. The third-order valence-electron chi connectivity index (χ3n) is 4.42. The van der Waals surface area contributed by atoms with Crippen LogP contribution in [0.3, 0.4) is 0 Å². The fraction of sp³-hybridized carbons (Fsp3) is 0.588. The first kappa shape index (κ1) is 13.8. The molecule has 0 radical (unpaired) electrons. The summed E-state index contributed by atoms with van der Waals surface area (Å²) in [6.07, 6.45) is 4.11. The van der Waals surface area contributed by atoms with E-state index in [1.807, 2.05) is 6.07 Å². The predicted molar refractivity (Wildman–Crippen MR) is 78.8 cm³/mol. The monoisotopic (exact) mass is 273 g/mol. The predicted octanol–water partition coefficient (Wildman–Crippen LogP) is 2.52. The second-order valence-electron chi connectivity index (χ2n) is 5.90. The smallest absolute Gasteiger partial charge is 0.138 e. The average Bonchev–Trinajstić information content (AvgIpc) is 3.30. The highest BCUT2D eigenvalue weighted by atomic mass is 16.5. The zero-order chi connectivity index (χ0) is 13.8. The molecule has 2 aliphatic rings. The summed E-state index contributed by atoms with van der Waals surface area (Å²) < 4.78 is 5.81. The van der Waals surface area contributed by atoms with Crippen molar-refractivity contribution >= 4 is 5.78 Å². The van der Waals surface area contributed by atoms with Gasteiger partial charge in [0.1, 0.15) is 5.78 Å². The highest BCUT2D eigenvalue weighted by Gasteiger charge is 2.42. The van der Waals surface area contributed by atoms with Gasteiger partial charge in [0.2, 0.25) is 0 Å². The van der Waals surface area contributed by atoms with Gasteiger partial charge in [-0.25, -0.2) is 0 Å². The SMILES string of the molecule is O=C(CCOC1CCNCC1)C1CC1c1ccccc1. The maximum atomic E-state index is 12.1. The van der Waals surface area contributed by atoms with Gasteiger partial charge in [0.15, 0.2) is 0 Å². The van der Waals surface area contributed by atoms with E-state index in [0.29, 0.717) is 30.8 Å². The lowest BCUT2D eigenvalue weighted by Crippen LogP contribution is -2.32. The molecule has 0 amide bonds. The van der Waals surface area contributed by atoms with E-state index in [9.17, 15) is 4.79 Å². The first-order chi connectivity index (χ1) is 9.84. The van der Waals surface area contributed by atoms with Crippen molar-refractivity contribution in [2.75, 3.05) is 19.7 Å². The molecule has 2 unspecified atom stereocenters. The average molecular weight is 273 g/mol. The Kier molecular flexibility index (Phi) is 4.48. The van der Waals surface area contributed by atoms with Crippen molar-refractivity contribution in [3.63, 3.8) is 0 Å². The molecule has 0 spiro atoms. The third-order valence-corrected chi connectivity index (χ3v) is 4.42. The number of Topliss-reactive ketones (excluding diaryl/α,β-unsaturated/α-hetero) is 1. The number of nitrogens with one attached hydrogen (secondary N) is 1. The van der Waals surface area contributed by atoms with Crippen LogP contribution in [-0.2, 0) is 9.53 Å². The molecule has 1 heterocycles. The van der Waals surface area contributed by atoms with Crippen LogP contribution in [0.25, 0.3) is 0 Å². The van der Waals surface area contributed by atoms with E-state index < -0.39 is 0 Å². The van der Waals surface area contributed by atoms with Crippen molar-refractivity contribution in [3.05, 3.63) is 35.9 Å². The molecule has 1 aromatic carbocycles. The highest BCUT2D eigenvalue weighted by molar-refractivity contribution is 5.85. The lowest BCUT2D eigenvalue weighted by atomic mass is 10.1. The quantitative estimate of drug-likeness (QED) is 0.865. The molecule has 3 heteroatoms. The van der Waals surface area contributed by atoms with Gasteiger partial charge in [0, 0.05) is 12.3 Å². The van der Waals surface area contributed by atoms with E-state index in [1.54, 1.807) is 0 Å². The van der Waals surface area contributed by atoms with Gasteiger partial charge >= 0.3 is 0 Å². The van der Waals surface area contributed by atoms with Crippen molar-refractivity contribution in [2.45, 2.75) is 37.7 Å². The Hall–Kier alpha value is -1.19. The van der Waals surface area contributed by atoms with Crippen molar-refractivity contribution in [1.29, 1.82) is 0 Å². The molecule has 0 bridgehead atoms. The zero-order valence-electron chi connectivity index (χ0n) is 11.9. The second kappa shape index (κ2) is 6.51. The van der Waals surface area contributed by atoms with Gasteiger partial charge < -0.3 is 10.1 Å². The first-order valence-corrected chi connectivity index (χ1v) is 7.74. The van der Waals surface area contributed by atoms with Gasteiger partial charge in [-0.3, -0.25) is 4.79 Å². The molecule has 108 valence electrons. The topological polar surface area (TPSA) is 38.3 Å². The molecule has 1 aromatic rings. The summed E-state index contributed by atoms with van der Waals surface area (Å²) in [6.45, 7) is 2.68. The molecule has 1 N–H and O–H groups in total. The minimum atomic E-state index is 0.244. The van der Waals surface area contributed by atoms with E-state index in [4.69, 9.17) is 4.74 Å². The standard InChI is InChI=1S/C17H23NO2/c19-17(8-11-20-14-6-9-18-10-7-14)16-12-15(16)13-4-2-1-3-5-13/h1-5,14-16,18H,6-12H2. The third kappa shape index (κ3) is 3.47. The Bertz CT molecular complexity index is 440. The summed E-state index contributed by atoms with van der Waals surface area (Å²) in [5.41, 5.74) is 1.31. The van der Waals surface area contributed by atoms with Crippen LogP contribution in [0.4, 0.5) is 0 Å². The van der Waals surface area contributed by atoms with Crippen molar-refractivity contribution < 1.29 is 9.53 Å². The summed E-state index contributed by atoms with van der Waals surface area (Å²) >= 11 is 0. The van der Waals surface area contributed by atoms with Crippen LogP contribution in [0.15, 0.2) is 30.3 Å². The van der Waals surface area contributed by atoms with E-state index >= 15 is 0 Å². The Balaban J connectivity index is 1.38. The Labute approximate surface area is 120 Å². The fourth-order valence-corrected chi connectivity index (χ4v) is 3.09. The lowest BCUT2D eigenvalue weighted by Gasteiger charge is -2.22. The molecule has 2 fully saturated rings. The van der Waals surface area contributed by atoms with Gasteiger partial charge in [-0.05, 0) is 43.8 Å². The fourth-order valence-electron chi connectivity index (χ4n) is 3.09. The molecule has 1 saturated carbocycles. The summed E-state index contributed by atoms with van der Waals surface area (Å²) in [7, 11) is 0. The minimum absolute atomic E-state index is 0.244. The molecule has 1 saturated heterocycles. The molecule has 3 nitrogen and oxygen atoms in total. The van der Waals surface area contributed by atoms with E-state index in [1.165, 1.54) is 5.56 Å². The summed E-state index contributed by atoms with van der Waals surface area (Å²) in [6, 6.07) is 10.4. The number of ketones is 1. The Morgan fingerprint density at radius 3 is 2.70 bits per heavy atom. The van der Waals surface area contributed by atoms with E-state index in [2.05, 4.69) is 29.6 Å². The summed E-state index contributed by atoms with van der Waals surface area (Å²) in [5, 5.41) is 3.32. The molecule has 20 heavy (non-hydrogen) atoms. The van der Waals surface area contributed by atoms with Crippen LogP contribution in [-0.4, -0.2) is 31.6 Å². The van der Waals surface area contributed by atoms with Gasteiger partial charge in [0.25, 0.3) is 0 Å². The summed E-state index contributed by atoms with van der Waals surface area (Å²) in [5.74, 6) is 1.09. The maximum absolute atomic E-state index is 12.1. The molecule has 1 aliphatic heterocycles. The van der Waals surface area contributed by atoms with Crippen molar-refractivity contribution in [1.82, 2.24) is 5.32 Å². The van der Waals surface area contributed by atoms with Crippen molar-refractivity contribution in [3.8, 4) is 0 Å². The number of carbonyl (C=O) groups excluding carboxylic acids is 1. The molecular formula is C17H23NO2. The van der Waals surface area contributed by atoms with Gasteiger partial charge in [-0.15, -0.1) is 0 Å². The second-order valence-corrected chi connectivity index (χ2v) is 5.90. The number of hydrogen-bond acceptors (Lipinski definition) is 3. The van der Waals surface area contributed by atoms with Gasteiger partial charge in [0.05, 0.1) is 12.7 Å². The van der Waals surface area contributed by atoms with Crippen LogP contribution < -0.4 is 5.32 Å².